The van der Waals surface area contributed by atoms with E-state index in [1.54, 1.807) is 0 Å². The van der Waals surface area contributed by atoms with E-state index < -0.39 is 5.82 Å². The van der Waals surface area contributed by atoms with Crippen molar-refractivity contribution in [2.45, 2.75) is 19.3 Å². The van der Waals surface area contributed by atoms with E-state index in [-0.39, 0.29) is 23.9 Å². The van der Waals surface area contributed by atoms with Crippen LogP contribution in [0.2, 0.25) is 0 Å². The van der Waals surface area contributed by atoms with Crippen LogP contribution in [-0.2, 0) is 4.79 Å². The molecule has 0 saturated heterocycles. The van der Waals surface area contributed by atoms with Crippen LogP contribution in [0.15, 0.2) is 22.7 Å². The van der Waals surface area contributed by atoms with Gasteiger partial charge in [-0.1, -0.05) is 0 Å². The van der Waals surface area contributed by atoms with E-state index in [1.807, 2.05) is 0 Å². The van der Waals surface area contributed by atoms with Gasteiger partial charge in [-0.3, -0.25) is 9.59 Å². The van der Waals surface area contributed by atoms with Crippen molar-refractivity contribution in [3.8, 4) is 0 Å². The fourth-order valence-electron chi connectivity index (χ4n) is 1.52. The van der Waals surface area contributed by atoms with Crippen LogP contribution < -0.4 is 0 Å². The van der Waals surface area contributed by atoms with E-state index in [9.17, 15) is 14.0 Å². The Balaban J connectivity index is 2.10. The highest BCUT2D eigenvalue weighted by Crippen LogP contribution is 2.31. The lowest BCUT2D eigenvalue weighted by molar-refractivity contribution is -0.119. The van der Waals surface area contributed by atoms with Gasteiger partial charge in [0.05, 0.1) is 6.42 Å². The third-order valence-corrected chi connectivity index (χ3v) is 3.26. The first-order chi connectivity index (χ1) is 7.58. The third kappa shape index (κ3) is 2.55. The van der Waals surface area contributed by atoms with Gasteiger partial charge in [-0.05, 0) is 47.0 Å². The Kier molecular flexibility index (Phi) is 3.19. The molecule has 2 rings (SSSR count). The van der Waals surface area contributed by atoms with Gasteiger partial charge in [-0.2, -0.15) is 0 Å². The summed E-state index contributed by atoms with van der Waals surface area (Å²) < 4.78 is 13.2. The Bertz CT molecular complexity index is 452. The van der Waals surface area contributed by atoms with Gasteiger partial charge in [0.25, 0.3) is 0 Å². The number of halogens is 2. The molecule has 0 heterocycles. The molecule has 0 radical (unpaired) electrons. The molecule has 0 atom stereocenters. The molecule has 0 bridgehead atoms. The maximum Gasteiger partial charge on any atom is 0.171 e. The number of benzene rings is 1. The Morgan fingerprint density at radius 2 is 2.06 bits per heavy atom. The molecule has 4 heteroatoms. The minimum atomic E-state index is -0.406. The zero-order valence-corrected chi connectivity index (χ0v) is 10.1. The average Bonchev–Trinajstić information content (AvgIpc) is 2.99. The van der Waals surface area contributed by atoms with E-state index in [1.165, 1.54) is 18.2 Å². The van der Waals surface area contributed by atoms with Crippen molar-refractivity contribution in [2.24, 2.45) is 5.92 Å². The average molecular weight is 285 g/mol. The van der Waals surface area contributed by atoms with E-state index in [2.05, 4.69) is 15.9 Å². The molecule has 1 aliphatic rings. The van der Waals surface area contributed by atoms with Crippen LogP contribution >= 0.6 is 15.9 Å². The molecule has 1 fully saturated rings. The largest absolute Gasteiger partial charge is 0.299 e. The third-order valence-electron chi connectivity index (χ3n) is 2.60. The van der Waals surface area contributed by atoms with Crippen molar-refractivity contribution in [1.82, 2.24) is 0 Å². The quantitative estimate of drug-likeness (QED) is 0.629. The van der Waals surface area contributed by atoms with Crippen molar-refractivity contribution < 1.29 is 14.0 Å². The molecular formula is C12H10BrFO2. The van der Waals surface area contributed by atoms with Crippen molar-refractivity contribution in [2.75, 3.05) is 0 Å². The van der Waals surface area contributed by atoms with E-state index in [0.717, 1.165) is 12.8 Å². The molecule has 0 aromatic heterocycles. The van der Waals surface area contributed by atoms with Gasteiger partial charge < -0.3 is 0 Å². The summed E-state index contributed by atoms with van der Waals surface area (Å²) >= 11 is 3.12. The van der Waals surface area contributed by atoms with E-state index in [0.29, 0.717) is 10.0 Å². The molecule has 0 unspecified atom stereocenters. The fraction of sp³-hybridized carbons (Fsp3) is 0.333. The van der Waals surface area contributed by atoms with Crippen LogP contribution in [0.5, 0.6) is 0 Å². The topological polar surface area (TPSA) is 34.1 Å². The summed E-state index contributed by atoms with van der Waals surface area (Å²) in [6.45, 7) is 0. The van der Waals surface area contributed by atoms with Crippen molar-refractivity contribution in [1.29, 1.82) is 0 Å². The molecule has 0 spiro atoms. The maximum absolute atomic E-state index is 12.8. The summed E-state index contributed by atoms with van der Waals surface area (Å²) in [5.41, 5.74) is 0.371. The standard InChI is InChI=1S/C12H10BrFO2/c13-10-5-8(14)3-4-9(10)12(16)6-11(15)7-1-2-7/h3-5,7H,1-2,6H2. The summed E-state index contributed by atoms with van der Waals surface area (Å²) in [5, 5.41) is 0. The summed E-state index contributed by atoms with van der Waals surface area (Å²) in [7, 11) is 0. The van der Waals surface area contributed by atoms with Gasteiger partial charge in [-0.15, -0.1) is 0 Å². The smallest absolute Gasteiger partial charge is 0.171 e. The highest BCUT2D eigenvalue weighted by atomic mass is 79.9. The minimum absolute atomic E-state index is 0.00113. The number of hydrogen-bond acceptors (Lipinski definition) is 2. The molecule has 1 aromatic carbocycles. The van der Waals surface area contributed by atoms with Crippen molar-refractivity contribution in [3.05, 3.63) is 34.1 Å². The Morgan fingerprint density at radius 3 is 2.62 bits per heavy atom. The van der Waals surface area contributed by atoms with Gasteiger partial charge in [0.1, 0.15) is 11.6 Å². The van der Waals surface area contributed by atoms with Crippen LogP contribution in [-0.4, -0.2) is 11.6 Å². The van der Waals surface area contributed by atoms with Crippen LogP contribution in [0.25, 0.3) is 0 Å². The predicted molar refractivity (Wildman–Crippen MR) is 60.8 cm³/mol. The van der Waals surface area contributed by atoms with Gasteiger partial charge >= 0.3 is 0 Å². The first-order valence-electron chi connectivity index (χ1n) is 5.09. The van der Waals surface area contributed by atoms with Gasteiger partial charge in [-0.25, -0.2) is 4.39 Å². The van der Waals surface area contributed by atoms with Crippen LogP contribution in [0, 0.1) is 11.7 Å². The van der Waals surface area contributed by atoms with E-state index in [4.69, 9.17) is 0 Å². The molecule has 0 aliphatic heterocycles. The zero-order chi connectivity index (χ0) is 11.7. The molecule has 1 aromatic rings. The number of rotatable bonds is 4. The second-order valence-corrected chi connectivity index (χ2v) is 4.82. The SMILES string of the molecule is O=C(CC(=O)C1CC1)c1ccc(F)cc1Br. The molecule has 1 saturated carbocycles. The van der Waals surface area contributed by atoms with Gasteiger partial charge in [0.2, 0.25) is 0 Å². The number of carbonyl (C=O) groups excluding carboxylic acids is 2. The first kappa shape index (κ1) is 11.5. The number of ketones is 2. The molecule has 0 N–H and O–H groups in total. The lowest BCUT2D eigenvalue weighted by Gasteiger charge is -2.02. The predicted octanol–water partition coefficient (Wildman–Crippen LogP) is 3.14. The fourth-order valence-corrected chi connectivity index (χ4v) is 2.09. The highest BCUT2D eigenvalue weighted by molar-refractivity contribution is 9.10. The second-order valence-electron chi connectivity index (χ2n) is 3.96. The molecule has 1 aliphatic carbocycles. The van der Waals surface area contributed by atoms with Crippen molar-refractivity contribution in [3.63, 3.8) is 0 Å². The van der Waals surface area contributed by atoms with Gasteiger partial charge in [0.15, 0.2) is 5.78 Å². The summed E-state index contributed by atoms with van der Waals surface area (Å²) in [6.07, 6.45) is 1.72. The lowest BCUT2D eigenvalue weighted by Crippen LogP contribution is -2.10. The Morgan fingerprint density at radius 1 is 1.38 bits per heavy atom. The maximum atomic E-state index is 12.8. The highest BCUT2D eigenvalue weighted by Gasteiger charge is 2.31. The van der Waals surface area contributed by atoms with E-state index >= 15 is 0 Å². The molecule has 84 valence electrons. The number of Topliss-reactive ketones (excluding diaryl/α,β-unsaturated/α-hetero) is 2. The second kappa shape index (κ2) is 4.45. The first-order valence-corrected chi connectivity index (χ1v) is 5.88. The van der Waals surface area contributed by atoms with Gasteiger partial charge in [0, 0.05) is 16.0 Å². The van der Waals surface area contributed by atoms with Crippen molar-refractivity contribution >= 4 is 27.5 Å². The molecular weight excluding hydrogens is 275 g/mol. The Hall–Kier alpha value is -1.03. The minimum Gasteiger partial charge on any atom is -0.299 e. The summed E-state index contributed by atoms with van der Waals surface area (Å²) in [6, 6.07) is 3.86. The van der Waals surface area contributed by atoms with Crippen LogP contribution in [0.3, 0.4) is 0 Å². The number of carbonyl (C=O) groups is 2. The monoisotopic (exact) mass is 284 g/mol. The molecule has 16 heavy (non-hydrogen) atoms. The lowest BCUT2D eigenvalue weighted by atomic mass is 10.0. The molecule has 2 nitrogen and oxygen atoms in total. The summed E-state index contributed by atoms with van der Waals surface area (Å²) in [5.74, 6) is -0.565. The summed E-state index contributed by atoms with van der Waals surface area (Å²) in [4.78, 5) is 23.2. The van der Waals surface area contributed by atoms with Crippen LogP contribution in [0.1, 0.15) is 29.6 Å². The molecule has 0 amide bonds. The number of hydrogen-bond donors (Lipinski definition) is 0. The normalized spacial score (nSPS) is 14.9. The van der Waals surface area contributed by atoms with Crippen LogP contribution in [0.4, 0.5) is 4.39 Å². The Labute approximate surface area is 101 Å². The zero-order valence-electron chi connectivity index (χ0n) is 8.50.